The molecule has 0 bridgehead atoms. The Labute approximate surface area is 168 Å². The molecule has 0 aliphatic carbocycles. The van der Waals surface area contributed by atoms with Crippen molar-refractivity contribution >= 4 is 7.82 Å². The van der Waals surface area contributed by atoms with Crippen molar-refractivity contribution in [1.29, 1.82) is 0 Å². The summed E-state index contributed by atoms with van der Waals surface area (Å²) in [5.41, 5.74) is 0. The van der Waals surface area contributed by atoms with E-state index in [0.29, 0.717) is 0 Å². The van der Waals surface area contributed by atoms with Gasteiger partial charge >= 0.3 is 88.7 Å². The van der Waals surface area contributed by atoms with Gasteiger partial charge in [-0.2, -0.15) is 7.82 Å². The largest absolute Gasteiger partial charge is 1.00 e. The Balaban J connectivity index is -0.00000000103. The number of rotatable bonds is 0. The summed E-state index contributed by atoms with van der Waals surface area (Å²) in [7, 11) is -5.39. The predicted molar refractivity (Wildman–Crippen MR) is 43.7 cm³/mol. The minimum atomic E-state index is -5.39. The molecule has 14 nitrogen and oxygen atoms in total. The topological polar surface area (TPSA) is 401 Å². The number of phosphoric acid groups is 1. The van der Waals surface area contributed by atoms with Gasteiger partial charge in [0.2, 0.25) is 0 Å². The summed E-state index contributed by atoms with van der Waals surface area (Å²) < 4.78 is 8.55. The average molecular weight is 344 g/mol. The van der Waals surface area contributed by atoms with Crippen LogP contribution in [-0.4, -0.2) is 54.8 Å². The van der Waals surface area contributed by atoms with Crippen LogP contribution in [0, 0.1) is 0 Å². The molecule has 0 saturated carbocycles. The summed E-state index contributed by atoms with van der Waals surface area (Å²) in [5, 5.41) is 0. The zero-order valence-corrected chi connectivity index (χ0v) is 17.0. The van der Waals surface area contributed by atoms with Gasteiger partial charge in [0.05, 0.1) is 0 Å². The van der Waals surface area contributed by atoms with E-state index in [2.05, 4.69) is 0 Å². The van der Waals surface area contributed by atoms with E-state index in [-0.39, 0.29) is 143 Å². The molecule has 0 spiro atoms. The Hall–Kier alpha value is 2.71. The van der Waals surface area contributed by atoms with Crippen LogP contribution in [0.5, 0.6) is 0 Å². The SMILES string of the molecule is O.O.O.O.O.O.O.O.O.O.O=P([O-])([O-])[O-].[Na+].[Na+].[Na+]. The third-order valence-electron chi connectivity index (χ3n) is 0. The summed E-state index contributed by atoms with van der Waals surface area (Å²) in [6.45, 7) is 0. The Bertz CT molecular complexity index is 63.2. The molecule has 0 aromatic heterocycles. The summed E-state index contributed by atoms with van der Waals surface area (Å²) >= 11 is 0. The molecule has 0 fully saturated rings. The van der Waals surface area contributed by atoms with E-state index < -0.39 is 7.82 Å². The number of hydrogen-bond acceptors (Lipinski definition) is 4. The Morgan fingerprint density at radius 3 is 0.444 bits per heavy atom. The van der Waals surface area contributed by atoms with Crippen LogP contribution in [0.15, 0.2) is 0 Å². The van der Waals surface area contributed by atoms with E-state index in [9.17, 15) is 0 Å². The van der Waals surface area contributed by atoms with Crippen LogP contribution in [0.25, 0.3) is 0 Å². The van der Waals surface area contributed by atoms with E-state index in [0.717, 1.165) is 0 Å². The van der Waals surface area contributed by atoms with Gasteiger partial charge in [-0.15, -0.1) is 0 Å². The smallest absolute Gasteiger partial charge is 0.822 e. The van der Waals surface area contributed by atoms with Crippen molar-refractivity contribution in [3.8, 4) is 0 Å². The molecule has 0 heterocycles. The van der Waals surface area contributed by atoms with Gasteiger partial charge in [-0.25, -0.2) is 0 Å². The van der Waals surface area contributed by atoms with Crippen molar-refractivity contribution in [2.45, 2.75) is 0 Å². The van der Waals surface area contributed by atoms with Crippen molar-refractivity contribution in [3.63, 3.8) is 0 Å². The van der Waals surface area contributed by atoms with Gasteiger partial charge in [-0.05, 0) is 0 Å². The van der Waals surface area contributed by atoms with Crippen molar-refractivity contribution in [2.75, 3.05) is 0 Å². The summed E-state index contributed by atoms with van der Waals surface area (Å²) in [4.78, 5) is 25.6. The maximum Gasteiger partial charge on any atom is 1.00 e. The molecule has 20 N–H and O–H groups in total. The first-order valence-corrected chi connectivity index (χ1v) is 2.19. The minimum absolute atomic E-state index is 0. The second-order valence-corrected chi connectivity index (χ2v) is 1.34. The van der Waals surface area contributed by atoms with Gasteiger partial charge in [0.1, 0.15) is 0 Å². The fraction of sp³-hybridized carbons (Fsp3) is 0. The molecule has 112 valence electrons. The molecule has 0 aromatic rings. The standard InChI is InChI=1S/3Na.H3O4P.10H2O/c;;;1-5(2,3)4;;;;;;;;;;/h;;;(H3,1,2,3,4);10*1H2/q3*+1;;;;;;;;;;;/p-3. The van der Waals surface area contributed by atoms with Crippen molar-refractivity contribution in [1.82, 2.24) is 0 Å². The van der Waals surface area contributed by atoms with Crippen LogP contribution in [-0.2, 0) is 4.57 Å². The van der Waals surface area contributed by atoms with E-state index in [1.165, 1.54) is 0 Å². The summed E-state index contributed by atoms with van der Waals surface area (Å²) in [5.74, 6) is 0. The van der Waals surface area contributed by atoms with Crippen LogP contribution in [0.1, 0.15) is 0 Å². The van der Waals surface area contributed by atoms with Crippen LogP contribution in [0.2, 0.25) is 0 Å². The molecule has 0 aliphatic rings. The zero-order chi connectivity index (χ0) is 4.50. The summed E-state index contributed by atoms with van der Waals surface area (Å²) in [6.07, 6.45) is 0. The van der Waals surface area contributed by atoms with E-state index in [4.69, 9.17) is 19.2 Å². The molecule has 0 rings (SSSR count). The number of hydrogen-bond donors (Lipinski definition) is 0. The van der Waals surface area contributed by atoms with Crippen molar-refractivity contribution in [2.24, 2.45) is 0 Å². The second-order valence-electron chi connectivity index (χ2n) is 0.447. The molecule has 0 amide bonds. The van der Waals surface area contributed by atoms with Gasteiger partial charge in [0, 0.05) is 0 Å². The molecule has 0 radical (unpaired) electrons. The predicted octanol–water partition coefficient (Wildman–Crippen LogP) is -20.1. The average Bonchev–Trinajstić information content (AvgIpc) is 0.722. The van der Waals surface area contributed by atoms with Crippen LogP contribution in [0.3, 0.4) is 0 Å². The first-order chi connectivity index (χ1) is 2.00. The van der Waals surface area contributed by atoms with Crippen molar-refractivity contribution in [3.05, 3.63) is 0 Å². The molecular formula is H20Na3O14P. The molecule has 0 atom stereocenters. The first-order valence-electron chi connectivity index (χ1n) is 0.730. The van der Waals surface area contributed by atoms with E-state index in [1.54, 1.807) is 0 Å². The van der Waals surface area contributed by atoms with Crippen LogP contribution >= 0.6 is 7.82 Å². The third-order valence-corrected chi connectivity index (χ3v) is 0. The minimum Gasteiger partial charge on any atom is -0.822 e. The Kier molecular flexibility index (Phi) is 903. The molecule has 18 heavy (non-hydrogen) atoms. The van der Waals surface area contributed by atoms with E-state index in [1.807, 2.05) is 0 Å². The fourth-order valence-corrected chi connectivity index (χ4v) is 0. The quantitative estimate of drug-likeness (QED) is 0.304. The second kappa shape index (κ2) is 90.9. The normalized spacial score (nSPS) is 3.28. The third kappa shape index (κ3) is 799. The molecule has 0 saturated heterocycles. The van der Waals surface area contributed by atoms with Crippen LogP contribution in [0.4, 0.5) is 0 Å². The summed E-state index contributed by atoms with van der Waals surface area (Å²) in [6, 6.07) is 0. The molecule has 0 aromatic carbocycles. The molecule has 0 unspecified atom stereocenters. The zero-order valence-electron chi connectivity index (χ0n) is 10.1. The van der Waals surface area contributed by atoms with Gasteiger partial charge in [0.25, 0.3) is 0 Å². The molecule has 0 aliphatic heterocycles. The molecule has 18 heteroatoms. The van der Waals surface area contributed by atoms with Crippen molar-refractivity contribution < 1.29 is 163 Å². The van der Waals surface area contributed by atoms with Gasteiger partial charge < -0.3 is 74.0 Å². The van der Waals surface area contributed by atoms with Gasteiger partial charge in [0.15, 0.2) is 0 Å². The molecular weight excluding hydrogens is 324 g/mol. The maximum absolute atomic E-state index is 8.55. The van der Waals surface area contributed by atoms with Gasteiger partial charge in [-0.3, -0.25) is 0 Å². The van der Waals surface area contributed by atoms with Gasteiger partial charge in [-0.1, -0.05) is 0 Å². The van der Waals surface area contributed by atoms with E-state index >= 15 is 0 Å². The Morgan fingerprint density at radius 2 is 0.444 bits per heavy atom. The van der Waals surface area contributed by atoms with Crippen LogP contribution < -0.4 is 103 Å². The monoisotopic (exact) mass is 344 g/mol. The maximum atomic E-state index is 8.55. The Morgan fingerprint density at radius 1 is 0.444 bits per heavy atom. The fourth-order valence-electron chi connectivity index (χ4n) is 0. The first kappa shape index (κ1) is 179.